The molecule has 0 unspecified atom stereocenters. The van der Waals surface area contributed by atoms with Crippen LogP contribution in [-0.2, 0) is 26.4 Å². The molecule has 0 amide bonds. The molecular weight excluding hydrogens is 417 g/mol. The smallest absolute Gasteiger partial charge is 0.300 e. The van der Waals surface area contributed by atoms with Gasteiger partial charge in [0.1, 0.15) is 5.82 Å². The second-order valence-electron chi connectivity index (χ2n) is 7.02. The van der Waals surface area contributed by atoms with Gasteiger partial charge in [-0.1, -0.05) is 54.2 Å². The van der Waals surface area contributed by atoms with E-state index in [1.165, 1.54) is 35.5 Å². The van der Waals surface area contributed by atoms with Gasteiger partial charge in [0.05, 0.1) is 12.1 Å². The Morgan fingerprint density at radius 3 is 2.39 bits per heavy atom. The molecule has 0 radical (unpaired) electrons. The third-order valence-electron chi connectivity index (χ3n) is 4.99. The van der Waals surface area contributed by atoms with Crippen LogP contribution < -0.4 is 11.2 Å². The molecule has 158 valence electrons. The van der Waals surface area contributed by atoms with E-state index < -0.39 is 0 Å². The lowest BCUT2D eigenvalue weighted by atomic mass is 10.2. The van der Waals surface area contributed by atoms with E-state index in [9.17, 15) is 14.0 Å². The van der Waals surface area contributed by atoms with E-state index in [0.29, 0.717) is 34.5 Å². The molecule has 7 nitrogen and oxygen atoms in total. The Bertz CT molecular complexity index is 1340. The van der Waals surface area contributed by atoms with Gasteiger partial charge in [-0.05, 0) is 17.7 Å². The molecule has 31 heavy (non-hydrogen) atoms. The predicted octanol–water partition coefficient (Wildman–Crippen LogP) is 2.82. The van der Waals surface area contributed by atoms with Crippen LogP contribution in [0.2, 0.25) is 0 Å². The predicted molar refractivity (Wildman–Crippen MR) is 117 cm³/mol. The van der Waals surface area contributed by atoms with Crippen molar-refractivity contribution in [2.75, 3.05) is 0 Å². The molecule has 2 aromatic carbocycles. The van der Waals surface area contributed by atoms with Crippen molar-refractivity contribution >= 4 is 11.8 Å². The van der Waals surface area contributed by atoms with Crippen molar-refractivity contribution in [3.05, 3.63) is 98.6 Å². The highest BCUT2D eigenvalue weighted by atomic mass is 32.2. The number of hydrogen-bond acceptors (Lipinski definition) is 5. The van der Waals surface area contributed by atoms with Crippen LogP contribution in [0.4, 0.5) is 4.39 Å². The van der Waals surface area contributed by atoms with Crippen molar-refractivity contribution in [1.29, 1.82) is 0 Å². The van der Waals surface area contributed by atoms with Crippen LogP contribution in [-0.4, -0.2) is 23.9 Å². The monoisotopic (exact) mass is 437 g/mol. The Hall–Kier alpha value is -3.46. The summed E-state index contributed by atoms with van der Waals surface area (Å²) in [6, 6.07) is 17.6. The van der Waals surface area contributed by atoms with E-state index in [-0.39, 0.29) is 17.1 Å². The maximum Gasteiger partial charge on any atom is 0.330 e. The average molecular weight is 438 g/mol. The Kier molecular flexibility index (Phi) is 5.85. The topological polar surface area (TPSA) is 74.7 Å². The summed E-state index contributed by atoms with van der Waals surface area (Å²) in [6.07, 6.45) is 0. The summed E-state index contributed by atoms with van der Waals surface area (Å²) in [5, 5.41) is 9.09. The molecule has 4 aromatic rings. The molecule has 0 saturated carbocycles. The van der Waals surface area contributed by atoms with Crippen molar-refractivity contribution < 1.29 is 4.39 Å². The van der Waals surface area contributed by atoms with Gasteiger partial charge in [0, 0.05) is 31.6 Å². The summed E-state index contributed by atoms with van der Waals surface area (Å²) >= 11 is 1.34. The van der Waals surface area contributed by atoms with Gasteiger partial charge in [0.2, 0.25) is 0 Å². The van der Waals surface area contributed by atoms with Crippen molar-refractivity contribution in [2.45, 2.75) is 17.5 Å². The molecule has 0 aliphatic carbocycles. The highest BCUT2D eigenvalue weighted by Crippen LogP contribution is 2.28. The first-order valence-corrected chi connectivity index (χ1v) is 10.5. The molecular formula is C22H20FN5O2S. The number of nitrogens with zero attached hydrogens (tertiary/aromatic N) is 5. The van der Waals surface area contributed by atoms with Crippen molar-refractivity contribution in [3.63, 3.8) is 0 Å². The molecule has 4 rings (SSSR count). The van der Waals surface area contributed by atoms with Gasteiger partial charge in [-0.15, -0.1) is 10.2 Å². The average Bonchev–Trinajstić information content (AvgIpc) is 3.17. The normalized spacial score (nSPS) is 11.1. The number of hydrogen-bond donors (Lipinski definition) is 0. The van der Waals surface area contributed by atoms with Crippen LogP contribution in [0, 0.1) is 5.82 Å². The van der Waals surface area contributed by atoms with Crippen molar-refractivity contribution in [3.8, 4) is 11.4 Å². The summed E-state index contributed by atoms with van der Waals surface area (Å²) in [6.45, 7) is 0.454. The molecule has 0 atom stereocenters. The molecule has 9 heteroatoms. The fourth-order valence-electron chi connectivity index (χ4n) is 3.20. The van der Waals surface area contributed by atoms with E-state index >= 15 is 0 Å². The van der Waals surface area contributed by atoms with Gasteiger partial charge in [-0.2, -0.15) is 0 Å². The lowest BCUT2D eigenvalue weighted by molar-refractivity contribution is 0.626. The number of thioether (sulfide) groups is 1. The van der Waals surface area contributed by atoms with Gasteiger partial charge in [0.15, 0.2) is 11.0 Å². The lowest BCUT2D eigenvalue weighted by Gasteiger charge is -2.12. The summed E-state index contributed by atoms with van der Waals surface area (Å²) in [5.41, 5.74) is 1.19. The number of rotatable bonds is 6. The second kappa shape index (κ2) is 8.73. The van der Waals surface area contributed by atoms with Crippen LogP contribution in [0.15, 0.2) is 75.4 Å². The summed E-state index contributed by atoms with van der Waals surface area (Å²) in [5.74, 6) is 0.378. The molecule has 0 aliphatic rings. The standard InChI is InChI=1S/C22H20FN5O2S/c1-26-16(12-19(29)27(2)22(26)30)14-31-21-25-24-20(17-10-6-7-11-18(17)23)28(21)13-15-8-4-3-5-9-15/h3-12H,13-14H2,1-2H3. The first-order chi connectivity index (χ1) is 15.0. The minimum absolute atomic E-state index is 0.339. The lowest BCUT2D eigenvalue weighted by Crippen LogP contribution is -2.37. The Morgan fingerprint density at radius 1 is 0.935 bits per heavy atom. The van der Waals surface area contributed by atoms with Crippen LogP contribution in [0.25, 0.3) is 11.4 Å². The van der Waals surface area contributed by atoms with E-state index in [2.05, 4.69) is 10.2 Å². The molecule has 2 aromatic heterocycles. The molecule has 2 heterocycles. The van der Waals surface area contributed by atoms with Crippen LogP contribution >= 0.6 is 11.8 Å². The zero-order valence-corrected chi connectivity index (χ0v) is 17.8. The molecule has 0 bridgehead atoms. The van der Waals surface area contributed by atoms with Gasteiger partial charge >= 0.3 is 5.69 Å². The van der Waals surface area contributed by atoms with Gasteiger partial charge in [0.25, 0.3) is 5.56 Å². The SMILES string of the molecule is Cn1c(CSc2nnc(-c3ccccc3F)n2Cc2ccccc2)cc(=O)n(C)c1=O. The zero-order valence-electron chi connectivity index (χ0n) is 17.0. The molecule has 0 N–H and O–H groups in total. The quantitative estimate of drug-likeness (QED) is 0.434. The van der Waals surface area contributed by atoms with Gasteiger partial charge in [-0.25, -0.2) is 9.18 Å². The molecule has 0 aliphatic heterocycles. The first-order valence-electron chi connectivity index (χ1n) is 9.56. The van der Waals surface area contributed by atoms with Crippen LogP contribution in [0.3, 0.4) is 0 Å². The summed E-state index contributed by atoms with van der Waals surface area (Å²) < 4.78 is 18.8. The Labute approximate surface area is 181 Å². The van der Waals surface area contributed by atoms with Crippen LogP contribution in [0.5, 0.6) is 0 Å². The number of benzene rings is 2. The minimum Gasteiger partial charge on any atom is -0.300 e. The third-order valence-corrected chi connectivity index (χ3v) is 5.99. The second-order valence-corrected chi connectivity index (χ2v) is 7.96. The van der Waals surface area contributed by atoms with Gasteiger partial charge < -0.3 is 0 Å². The summed E-state index contributed by atoms with van der Waals surface area (Å²) in [4.78, 5) is 24.2. The first kappa shape index (κ1) is 20.8. The fraction of sp³-hybridized carbons (Fsp3) is 0.182. The number of halogens is 1. The summed E-state index contributed by atoms with van der Waals surface area (Å²) in [7, 11) is 3.07. The van der Waals surface area contributed by atoms with E-state index in [0.717, 1.165) is 10.1 Å². The maximum atomic E-state index is 14.5. The Balaban J connectivity index is 1.72. The minimum atomic E-state index is -0.388. The Morgan fingerprint density at radius 2 is 1.65 bits per heavy atom. The van der Waals surface area contributed by atoms with E-state index in [4.69, 9.17) is 0 Å². The molecule has 0 fully saturated rings. The molecule has 0 spiro atoms. The zero-order chi connectivity index (χ0) is 22.0. The van der Waals surface area contributed by atoms with Gasteiger partial charge in [-0.3, -0.25) is 18.5 Å². The third kappa shape index (κ3) is 4.22. The van der Waals surface area contributed by atoms with Crippen molar-refractivity contribution in [1.82, 2.24) is 23.9 Å². The maximum absolute atomic E-state index is 14.5. The largest absolute Gasteiger partial charge is 0.330 e. The van der Waals surface area contributed by atoms with E-state index in [1.54, 1.807) is 25.2 Å². The van der Waals surface area contributed by atoms with Crippen molar-refractivity contribution in [2.24, 2.45) is 14.1 Å². The van der Waals surface area contributed by atoms with E-state index in [1.807, 2.05) is 34.9 Å². The highest BCUT2D eigenvalue weighted by molar-refractivity contribution is 7.98. The highest BCUT2D eigenvalue weighted by Gasteiger charge is 2.18. The van der Waals surface area contributed by atoms with Crippen LogP contribution in [0.1, 0.15) is 11.3 Å². The molecule has 0 saturated heterocycles. The fourth-order valence-corrected chi connectivity index (χ4v) is 4.16. The number of aromatic nitrogens is 5.